The lowest BCUT2D eigenvalue weighted by Gasteiger charge is -2.05. The molecule has 0 aliphatic rings. The molecule has 0 unspecified atom stereocenters. The normalized spacial score (nSPS) is 10.4. The van der Waals surface area contributed by atoms with Crippen molar-refractivity contribution in [3.8, 4) is 0 Å². The van der Waals surface area contributed by atoms with E-state index in [2.05, 4.69) is 31.2 Å². The molecule has 0 aliphatic carbocycles. The lowest BCUT2D eigenvalue weighted by atomic mass is 10.1. The minimum absolute atomic E-state index is 0.0337. The van der Waals surface area contributed by atoms with Crippen LogP contribution >= 0.6 is 0 Å². The van der Waals surface area contributed by atoms with Crippen molar-refractivity contribution in [1.29, 1.82) is 0 Å². The van der Waals surface area contributed by atoms with Gasteiger partial charge in [0.2, 0.25) is 0 Å². The topological polar surface area (TPSA) is 26.3 Å². The van der Waals surface area contributed by atoms with Gasteiger partial charge in [-0.15, -0.1) is 0 Å². The summed E-state index contributed by atoms with van der Waals surface area (Å²) in [6.07, 6.45) is 9.55. The first-order valence-corrected chi connectivity index (χ1v) is 8.02. The molecule has 0 bridgehead atoms. The number of hydrogen-bond donors (Lipinski definition) is 0. The number of hydrogen-bond acceptors (Lipinski definition) is 2. The Balaban J connectivity index is 1.92. The van der Waals surface area contributed by atoms with Crippen molar-refractivity contribution in [2.24, 2.45) is 0 Å². The van der Waals surface area contributed by atoms with E-state index in [1.165, 1.54) is 31.2 Å². The number of esters is 1. The summed E-state index contributed by atoms with van der Waals surface area (Å²) in [5.41, 5.74) is 1.34. The first-order chi connectivity index (χ1) is 9.83. The van der Waals surface area contributed by atoms with Gasteiger partial charge in [-0.2, -0.15) is 0 Å². The summed E-state index contributed by atoms with van der Waals surface area (Å²) in [4.78, 5) is 11.5. The highest BCUT2D eigenvalue weighted by atomic mass is 16.5. The van der Waals surface area contributed by atoms with Crippen LogP contribution in [0.1, 0.15) is 63.9 Å². The predicted molar refractivity (Wildman–Crippen MR) is 83.7 cm³/mol. The van der Waals surface area contributed by atoms with Crippen LogP contribution in [0.3, 0.4) is 0 Å². The van der Waals surface area contributed by atoms with E-state index in [4.69, 9.17) is 4.74 Å². The molecule has 1 aromatic rings. The molecular formula is C18H28O2. The minimum atomic E-state index is -0.0337. The van der Waals surface area contributed by atoms with Crippen LogP contribution in [0.15, 0.2) is 30.3 Å². The van der Waals surface area contributed by atoms with Crippen LogP contribution in [-0.4, -0.2) is 12.6 Å². The van der Waals surface area contributed by atoms with Gasteiger partial charge < -0.3 is 4.74 Å². The van der Waals surface area contributed by atoms with Gasteiger partial charge in [0.15, 0.2) is 0 Å². The van der Waals surface area contributed by atoms with E-state index < -0.39 is 0 Å². The Bertz CT molecular complexity index is 346. The molecule has 0 aliphatic heterocycles. The zero-order valence-electron chi connectivity index (χ0n) is 12.8. The van der Waals surface area contributed by atoms with Crippen LogP contribution in [0, 0.1) is 0 Å². The predicted octanol–water partition coefficient (Wildman–Crippen LogP) is 4.91. The molecule has 0 fully saturated rings. The van der Waals surface area contributed by atoms with Crippen molar-refractivity contribution in [1.82, 2.24) is 0 Å². The number of unbranched alkanes of at least 4 members (excludes halogenated alkanes) is 5. The minimum Gasteiger partial charge on any atom is -0.466 e. The van der Waals surface area contributed by atoms with Crippen LogP contribution in [0.4, 0.5) is 0 Å². The third kappa shape index (κ3) is 8.73. The maximum Gasteiger partial charge on any atom is 0.305 e. The molecule has 0 saturated heterocycles. The van der Waals surface area contributed by atoms with Crippen molar-refractivity contribution in [2.45, 2.75) is 64.7 Å². The number of ether oxygens (including phenoxy) is 1. The van der Waals surface area contributed by atoms with E-state index in [0.29, 0.717) is 13.0 Å². The third-order valence-electron chi connectivity index (χ3n) is 3.45. The van der Waals surface area contributed by atoms with Gasteiger partial charge in [-0.25, -0.2) is 0 Å². The van der Waals surface area contributed by atoms with Crippen LogP contribution in [0.2, 0.25) is 0 Å². The van der Waals surface area contributed by atoms with Gasteiger partial charge in [-0.05, 0) is 31.2 Å². The first-order valence-electron chi connectivity index (χ1n) is 8.02. The fourth-order valence-corrected chi connectivity index (χ4v) is 2.21. The quantitative estimate of drug-likeness (QED) is 0.424. The number of aryl methyl sites for hydroxylation is 1. The second kappa shape index (κ2) is 11.5. The number of rotatable bonds is 11. The fourth-order valence-electron chi connectivity index (χ4n) is 2.21. The van der Waals surface area contributed by atoms with Crippen molar-refractivity contribution in [2.75, 3.05) is 6.61 Å². The molecule has 0 spiro atoms. The largest absolute Gasteiger partial charge is 0.466 e. The van der Waals surface area contributed by atoms with Crippen LogP contribution < -0.4 is 0 Å². The molecule has 0 N–H and O–H groups in total. The Labute approximate surface area is 123 Å². The van der Waals surface area contributed by atoms with Gasteiger partial charge in [0.1, 0.15) is 0 Å². The maximum atomic E-state index is 11.5. The summed E-state index contributed by atoms with van der Waals surface area (Å²) in [6, 6.07) is 10.4. The molecule has 112 valence electrons. The molecule has 0 amide bonds. The highest BCUT2D eigenvalue weighted by Gasteiger charge is 2.02. The van der Waals surface area contributed by atoms with E-state index in [9.17, 15) is 4.79 Å². The van der Waals surface area contributed by atoms with Gasteiger partial charge in [0.05, 0.1) is 6.61 Å². The summed E-state index contributed by atoms with van der Waals surface area (Å²) >= 11 is 0. The summed E-state index contributed by atoms with van der Waals surface area (Å²) in [5.74, 6) is -0.0337. The zero-order valence-corrected chi connectivity index (χ0v) is 12.8. The molecule has 2 nitrogen and oxygen atoms in total. The van der Waals surface area contributed by atoms with Crippen molar-refractivity contribution < 1.29 is 9.53 Å². The monoisotopic (exact) mass is 276 g/mol. The van der Waals surface area contributed by atoms with Crippen molar-refractivity contribution in [3.63, 3.8) is 0 Å². The number of carbonyl (C=O) groups is 1. The third-order valence-corrected chi connectivity index (χ3v) is 3.45. The average molecular weight is 276 g/mol. The zero-order chi connectivity index (χ0) is 14.5. The summed E-state index contributed by atoms with van der Waals surface area (Å²) in [6.45, 7) is 2.80. The van der Waals surface area contributed by atoms with E-state index >= 15 is 0 Å². The van der Waals surface area contributed by atoms with E-state index in [1.807, 2.05) is 6.07 Å². The SMILES string of the molecule is CCCCCCCOC(=O)CCCCc1ccccc1. The van der Waals surface area contributed by atoms with Gasteiger partial charge in [0.25, 0.3) is 0 Å². The summed E-state index contributed by atoms with van der Waals surface area (Å²) in [7, 11) is 0. The Hall–Kier alpha value is -1.31. The molecule has 0 saturated carbocycles. The van der Waals surface area contributed by atoms with Gasteiger partial charge in [0, 0.05) is 6.42 Å². The Kier molecular flexibility index (Phi) is 9.64. The standard InChI is InChI=1S/C18H28O2/c1-2-3-4-5-11-16-20-18(19)15-10-9-14-17-12-7-6-8-13-17/h6-8,12-13H,2-5,9-11,14-16H2,1H3. The molecule has 0 aromatic heterocycles. The summed E-state index contributed by atoms with van der Waals surface area (Å²) < 4.78 is 5.24. The van der Waals surface area contributed by atoms with E-state index in [-0.39, 0.29) is 5.97 Å². The Morgan fingerprint density at radius 2 is 1.70 bits per heavy atom. The molecule has 1 rings (SSSR count). The van der Waals surface area contributed by atoms with E-state index in [0.717, 1.165) is 25.7 Å². The Morgan fingerprint density at radius 1 is 0.950 bits per heavy atom. The van der Waals surface area contributed by atoms with Crippen LogP contribution in [0.25, 0.3) is 0 Å². The lowest BCUT2D eigenvalue weighted by Crippen LogP contribution is -2.05. The smallest absolute Gasteiger partial charge is 0.305 e. The molecule has 0 atom stereocenters. The molecular weight excluding hydrogens is 248 g/mol. The van der Waals surface area contributed by atoms with Crippen LogP contribution in [0.5, 0.6) is 0 Å². The van der Waals surface area contributed by atoms with Gasteiger partial charge >= 0.3 is 5.97 Å². The first kappa shape index (κ1) is 16.7. The fraction of sp³-hybridized carbons (Fsp3) is 0.611. The van der Waals surface area contributed by atoms with Gasteiger partial charge in [-0.3, -0.25) is 4.79 Å². The summed E-state index contributed by atoms with van der Waals surface area (Å²) in [5, 5.41) is 0. The molecule has 20 heavy (non-hydrogen) atoms. The van der Waals surface area contributed by atoms with Crippen molar-refractivity contribution in [3.05, 3.63) is 35.9 Å². The van der Waals surface area contributed by atoms with Crippen LogP contribution in [-0.2, 0) is 16.0 Å². The number of benzene rings is 1. The second-order valence-electron chi connectivity index (χ2n) is 5.33. The second-order valence-corrected chi connectivity index (χ2v) is 5.33. The molecule has 0 heterocycles. The average Bonchev–Trinajstić information content (AvgIpc) is 2.48. The molecule has 1 aromatic carbocycles. The maximum absolute atomic E-state index is 11.5. The molecule has 2 heteroatoms. The highest BCUT2D eigenvalue weighted by Crippen LogP contribution is 2.07. The van der Waals surface area contributed by atoms with Crippen molar-refractivity contribution >= 4 is 5.97 Å². The lowest BCUT2D eigenvalue weighted by molar-refractivity contribution is -0.143. The highest BCUT2D eigenvalue weighted by molar-refractivity contribution is 5.69. The van der Waals surface area contributed by atoms with Gasteiger partial charge in [-0.1, -0.05) is 62.9 Å². The number of carbonyl (C=O) groups excluding carboxylic acids is 1. The van der Waals surface area contributed by atoms with E-state index in [1.54, 1.807) is 0 Å². The Morgan fingerprint density at radius 3 is 2.45 bits per heavy atom. The molecule has 0 radical (unpaired) electrons.